The van der Waals surface area contributed by atoms with Crippen molar-refractivity contribution in [3.8, 4) is 5.75 Å². The van der Waals surface area contributed by atoms with Crippen molar-refractivity contribution in [2.24, 2.45) is 0 Å². The van der Waals surface area contributed by atoms with Crippen molar-refractivity contribution in [2.45, 2.75) is 12.5 Å². The molecule has 7 nitrogen and oxygen atoms in total. The molecule has 0 aromatic heterocycles. The molecule has 1 aliphatic heterocycles. The minimum absolute atomic E-state index is 0.0381. The lowest BCUT2D eigenvalue weighted by atomic mass is 10.2. The Hall–Kier alpha value is -3.19. The molecular weight excluding hydrogens is 310 g/mol. The summed E-state index contributed by atoms with van der Waals surface area (Å²) in [6.07, 6.45) is -0.0381. The van der Waals surface area contributed by atoms with Gasteiger partial charge in [0, 0.05) is 5.56 Å². The molecular formula is C17H15N3O4. The van der Waals surface area contributed by atoms with Crippen molar-refractivity contribution < 1.29 is 19.5 Å². The van der Waals surface area contributed by atoms with Gasteiger partial charge in [0.2, 0.25) is 5.91 Å². The first-order valence-electron chi connectivity index (χ1n) is 7.33. The van der Waals surface area contributed by atoms with E-state index in [1.807, 2.05) is 0 Å². The Labute approximate surface area is 137 Å². The summed E-state index contributed by atoms with van der Waals surface area (Å²) in [7, 11) is 0. The van der Waals surface area contributed by atoms with Gasteiger partial charge in [-0.25, -0.2) is 10.3 Å². The Balaban J connectivity index is 1.64. The van der Waals surface area contributed by atoms with E-state index in [2.05, 4.69) is 10.9 Å². The van der Waals surface area contributed by atoms with Crippen LogP contribution in [0.25, 0.3) is 0 Å². The highest BCUT2D eigenvalue weighted by molar-refractivity contribution is 6.22. The summed E-state index contributed by atoms with van der Waals surface area (Å²) < 4.78 is 0. The molecule has 2 aromatic carbocycles. The lowest BCUT2D eigenvalue weighted by Gasteiger charge is -2.15. The first-order valence-corrected chi connectivity index (χ1v) is 7.33. The zero-order chi connectivity index (χ0) is 17.1. The molecule has 122 valence electrons. The van der Waals surface area contributed by atoms with Crippen molar-refractivity contribution in [3.05, 3.63) is 60.2 Å². The number of para-hydroxylation sites is 1. The Bertz CT molecular complexity index is 774. The maximum absolute atomic E-state index is 12.4. The number of amides is 3. The second kappa shape index (κ2) is 6.51. The van der Waals surface area contributed by atoms with Crippen molar-refractivity contribution in [1.29, 1.82) is 0 Å². The van der Waals surface area contributed by atoms with Gasteiger partial charge < -0.3 is 5.11 Å². The SMILES string of the molecule is O=C(NNC1CC(=O)N(c2ccccc2)C1=O)c1ccc(O)cc1. The monoisotopic (exact) mass is 325 g/mol. The van der Waals surface area contributed by atoms with Gasteiger partial charge in [-0.2, -0.15) is 0 Å². The predicted octanol–water partition coefficient (Wildman–Crippen LogP) is 0.959. The third-order valence-electron chi connectivity index (χ3n) is 3.65. The molecule has 1 saturated heterocycles. The topological polar surface area (TPSA) is 98.7 Å². The van der Waals surface area contributed by atoms with Gasteiger partial charge >= 0.3 is 0 Å². The number of anilines is 1. The number of hydrogen-bond donors (Lipinski definition) is 3. The number of carbonyl (C=O) groups is 3. The fraction of sp³-hybridized carbons (Fsp3) is 0.118. The number of nitrogens with one attached hydrogen (secondary N) is 2. The molecule has 0 spiro atoms. The number of benzene rings is 2. The Morgan fingerprint density at radius 1 is 1.04 bits per heavy atom. The minimum atomic E-state index is -0.821. The third-order valence-corrected chi connectivity index (χ3v) is 3.65. The average molecular weight is 325 g/mol. The Morgan fingerprint density at radius 2 is 1.71 bits per heavy atom. The number of phenolic OH excluding ortho intramolecular Hbond substituents is 1. The number of hydrogen-bond acceptors (Lipinski definition) is 5. The Kier molecular flexibility index (Phi) is 4.26. The molecule has 2 aromatic rings. The van der Waals surface area contributed by atoms with Crippen LogP contribution in [0.15, 0.2) is 54.6 Å². The van der Waals surface area contributed by atoms with E-state index in [9.17, 15) is 19.5 Å². The summed E-state index contributed by atoms with van der Waals surface area (Å²) in [6.45, 7) is 0. The van der Waals surface area contributed by atoms with Crippen LogP contribution >= 0.6 is 0 Å². The summed E-state index contributed by atoms with van der Waals surface area (Å²) >= 11 is 0. The number of phenols is 1. The van der Waals surface area contributed by atoms with E-state index < -0.39 is 17.9 Å². The largest absolute Gasteiger partial charge is 0.508 e. The lowest BCUT2D eigenvalue weighted by molar-refractivity contribution is -0.121. The number of imide groups is 1. The van der Waals surface area contributed by atoms with Crippen LogP contribution in [0.1, 0.15) is 16.8 Å². The van der Waals surface area contributed by atoms with E-state index in [-0.39, 0.29) is 18.1 Å². The van der Waals surface area contributed by atoms with Crippen LogP contribution in [0.5, 0.6) is 5.75 Å². The van der Waals surface area contributed by atoms with Crippen molar-refractivity contribution in [2.75, 3.05) is 4.90 Å². The van der Waals surface area contributed by atoms with Crippen LogP contribution in [-0.4, -0.2) is 28.9 Å². The highest BCUT2D eigenvalue weighted by Crippen LogP contribution is 2.22. The van der Waals surface area contributed by atoms with Crippen LogP contribution in [0, 0.1) is 0 Å². The molecule has 1 fully saturated rings. The first kappa shape index (κ1) is 15.7. The predicted molar refractivity (Wildman–Crippen MR) is 86.0 cm³/mol. The van der Waals surface area contributed by atoms with Crippen molar-refractivity contribution in [3.63, 3.8) is 0 Å². The molecule has 24 heavy (non-hydrogen) atoms. The average Bonchev–Trinajstić information content (AvgIpc) is 2.88. The lowest BCUT2D eigenvalue weighted by Crippen LogP contribution is -2.48. The standard InChI is InChI=1S/C17H15N3O4/c21-13-8-6-11(7-9-13)16(23)19-18-14-10-15(22)20(17(14)24)12-4-2-1-3-5-12/h1-9,14,18,21H,10H2,(H,19,23). The molecule has 3 N–H and O–H groups in total. The maximum atomic E-state index is 12.4. The van der Waals surface area contributed by atoms with Gasteiger partial charge in [-0.3, -0.25) is 19.8 Å². The molecule has 0 radical (unpaired) electrons. The van der Waals surface area contributed by atoms with Gasteiger partial charge in [0.1, 0.15) is 11.8 Å². The van der Waals surface area contributed by atoms with Gasteiger partial charge in [-0.05, 0) is 36.4 Å². The molecule has 0 aliphatic carbocycles. The number of carbonyl (C=O) groups excluding carboxylic acids is 3. The quantitative estimate of drug-likeness (QED) is 0.574. The minimum Gasteiger partial charge on any atom is -0.508 e. The summed E-state index contributed by atoms with van der Waals surface area (Å²) in [5, 5.41) is 9.21. The summed E-state index contributed by atoms with van der Waals surface area (Å²) in [6, 6.07) is 13.5. The van der Waals surface area contributed by atoms with Crippen LogP contribution in [0.3, 0.4) is 0 Å². The van der Waals surface area contributed by atoms with Crippen molar-refractivity contribution >= 4 is 23.4 Å². The van der Waals surface area contributed by atoms with E-state index in [0.717, 1.165) is 4.90 Å². The second-order valence-corrected chi connectivity index (χ2v) is 5.30. The van der Waals surface area contributed by atoms with E-state index in [4.69, 9.17) is 0 Å². The molecule has 1 unspecified atom stereocenters. The van der Waals surface area contributed by atoms with E-state index in [0.29, 0.717) is 11.3 Å². The maximum Gasteiger partial charge on any atom is 0.265 e. The number of nitrogens with zero attached hydrogens (tertiary/aromatic N) is 1. The molecule has 0 saturated carbocycles. The molecule has 1 aliphatic rings. The summed E-state index contributed by atoms with van der Waals surface area (Å²) in [5.41, 5.74) is 5.83. The van der Waals surface area contributed by atoms with Crippen LogP contribution in [0.4, 0.5) is 5.69 Å². The smallest absolute Gasteiger partial charge is 0.265 e. The second-order valence-electron chi connectivity index (χ2n) is 5.30. The molecule has 1 atom stereocenters. The molecule has 0 bridgehead atoms. The third kappa shape index (κ3) is 3.11. The Morgan fingerprint density at radius 3 is 2.38 bits per heavy atom. The van der Waals surface area contributed by atoms with Gasteiger partial charge in [-0.1, -0.05) is 18.2 Å². The highest BCUT2D eigenvalue weighted by Gasteiger charge is 2.39. The van der Waals surface area contributed by atoms with Crippen molar-refractivity contribution in [1.82, 2.24) is 10.9 Å². The van der Waals surface area contributed by atoms with Crippen LogP contribution < -0.4 is 15.8 Å². The van der Waals surface area contributed by atoms with Gasteiger partial charge in [0.05, 0.1) is 12.1 Å². The van der Waals surface area contributed by atoms with Crippen LogP contribution in [0.2, 0.25) is 0 Å². The molecule has 7 heteroatoms. The molecule has 1 heterocycles. The van der Waals surface area contributed by atoms with E-state index >= 15 is 0 Å². The highest BCUT2D eigenvalue weighted by atomic mass is 16.3. The molecule has 3 amide bonds. The van der Waals surface area contributed by atoms with Gasteiger partial charge in [0.15, 0.2) is 0 Å². The fourth-order valence-corrected chi connectivity index (χ4v) is 2.43. The number of hydrazine groups is 1. The van der Waals surface area contributed by atoms with E-state index in [1.165, 1.54) is 24.3 Å². The fourth-order valence-electron chi connectivity index (χ4n) is 2.43. The summed E-state index contributed by atoms with van der Waals surface area (Å²) in [4.78, 5) is 37.5. The number of aromatic hydroxyl groups is 1. The normalized spacial score (nSPS) is 17.2. The number of rotatable bonds is 4. The van der Waals surface area contributed by atoms with Crippen LogP contribution in [-0.2, 0) is 9.59 Å². The van der Waals surface area contributed by atoms with Gasteiger partial charge in [-0.15, -0.1) is 0 Å². The van der Waals surface area contributed by atoms with Gasteiger partial charge in [0.25, 0.3) is 11.8 Å². The van der Waals surface area contributed by atoms with E-state index in [1.54, 1.807) is 30.3 Å². The molecule has 3 rings (SSSR count). The zero-order valence-corrected chi connectivity index (χ0v) is 12.6. The summed E-state index contributed by atoms with van der Waals surface area (Å²) in [5.74, 6) is -1.16. The first-order chi connectivity index (χ1) is 11.6. The zero-order valence-electron chi connectivity index (χ0n) is 12.6.